The van der Waals surface area contributed by atoms with Crippen molar-refractivity contribution in [3.63, 3.8) is 0 Å². The first kappa shape index (κ1) is 9.11. The zero-order valence-electron chi connectivity index (χ0n) is 7.80. The molecule has 0 amide bonds. The van der Waals surface area contributed by atoms with Crippen LogP contribution in [-0.2, 0) is 0 Å². The van der Waals surface area contributed by atoms with E-state index in [4.69, 9.17) is 0 Å². The van der Waals surface area contributed by atoms with Crippen molar-refractivity contribution in [1.29, 1.82) is 0 Å². The maximum atomic E-state index is 3.29. The Bertz CT molecular complexity index is 230. The van der Waals surface area contributed by atoms with E-state index in [1.54, 1.807) is 0 Å². The molecule has 0 aliphatic heterocycles. The van der Waals surface area contributed by atoms with Gasteiger partial charge in [0.1, 0.15) is 0 Å². The number of nitrogens with one attached hydrogen (secondary N) is 1. The second kappa shape index (κ2) is 4.81. The minimum Gasteiger partial charge on any atom is -0.380 e. The largest absolute Gasteiger partial charge is 0.380 e. The Labute approximate surface area is 74.8 Å². The Balaban J connectivity index is 2.46. The molecule has 0 fully saturated rings. The molecule has 1 aromatic rings. The lowest BCUT2D eigenvalue weighted by Crippen LogP contribution is -1.95. The molecule has 65 valence electrons. The number of unbranched alkanes of at least 4 members (excludes halogenated alkanes) is 1. The van der Waals surface area contributed by atoms with Crippen LogP contribution in [0, 0.1) is 13.5 Å². The number of hydrogen-bond acceptors (Lipinski definition) is 1. The lowest BCUT2D eigenvalue weighted by atomic mass is 10.2. The van der Waals surface area contributed by atoms with Gasteiger partial charge in [-0.3, -0.25) is 0 Å². The summed E-state index contributed by atoms with van der Waals surface area (Å²) in [6.07, 6.45) is 2.31. The van der Waals surface area contributed by atoms with E-state index in [9.17, 15) is 0 Å². The summed E-state index contributed by atoms with van der Waals surface area (Å²) in [5.41, 5.74) is 2.51. The molecule has 0 aliphatic carbocycles. The standard InChI is InChI=1S/C11H16N/c1-3-4-9-12-11-8-6-5-7-10(11)2/h5-9,12H,3-4H2,1-2H3. The van der Waals surface area contributed by atoms with Crippen LogP contribution in [0.5, 0.6) is 0 Å². The van der Waals surface area contributed by atoms with E-state index in [-0.39, 0.29) is 0 Å². The van der Waals surface area contributed by atoms with Gasteiger partial charge in [0.25, 0.3) is 0 Å². The Morgan fingerprint density at radius 3 is 2.75 bits per heavy atom. The van der Waals surface area contributed by atoms with Gasteiger partial charge in [-0.15, -0.1) is 0 Å². The third-order valence-electron chi connectivity index (χ3n) is 1.84. The summed E-state index contributed by atoms with van der Waals surface area (Å²) in [6, 6.07) is 8.32. The maximum Gasteiger partial charge on any atom is 0.0462 e. The highest BCUT2D eigenvalue weighted by Crippen LogP contribution is 2.13. The van der Waals surface area contributed by atoms with Crippen LogP contribution in [0.25, 0.3) is 0 Å². The molecule has 0 heterocycles. The highest BCUT2D eigenvalue weighted by molar-refractivity contribution is 5.51. The zero-order chi connectivity index (χ0) is 8.81. The molecule has 1 heteroatoms. The van der Waals surface area contributed by atoms with E-state index < -0.39 is 0 Å². The van der Waals surface area contributed by atoms with E-state index in [1.165, 1.54) is 17.7 Å². The maximum absolute atomic E-state index is 3.29. The molecule has 0 saturated carbocycles. The first-order valence-corrected chi connectivity index (χ1v) is 4.48. The Morgan fingerprint density at radius 1 is 1.33 bits per heavy atom. The van der Waals surface area contributed by atoms with Crippen molar-refractivity contribution in [2.45, 2.75) is 26.7 Å². The van der Waals surface area contributed by atoms with Crippen LogP contribution in [0.4, 0.5) is 5.69 Å². The second-order valence-corrected chi connectivity index (χ2v) is 2.95. The number of aryl methyl sites for hydroxylation is 1. The summed E-state index contributed by atoms with van der Waals surface area (Å²) in [4.78, 5) is 0. The predicted octanol–water partition coefficient (Wildman–Crippen LogP) is 3.37. The minimum absolute atomic E-state index is 1.12. The molecule has 1 nitrogen and oxygen atoms in total. The number of benzene rings is 1. The van der Waals surface area contributed by atoms with Gasteiger partial charge in [0.15, 0.2) is 0 Å². The molecule has 0 unspecified atom stereocenters. The molecule has 0 spiro atoms. The quantitative estimate of drug-likeness (QED) is 0.669. The Morgan fingerprint density at radius 2 is 2.08 bits per heavy atom. The number of hydrogen-bond donors (Lipinski definition) is 1. The van der Waals surface area contributed by atoms with Gasteiger partial charge in [-0.05, 0) is 25.0 Å². The summed E-state index contributed by atoms with van der Waals surface area (Å²) in [6.45, 7) is 6.40. The van der Waals surface area contributed by atoms with Gasteiger partial charge in [0, 0.05) is 12.2 Å². The lowest BCUT2D eigenvalue weighted by Gasteiger charge is -2.07. The van der Waals surface area contributed by atoms with Crippen LogP contribution < -0.4 is 5.32 Å². The van der Waals surface area contributed by atoms with E-state index in [0.717, 1.165) is 6.42 Å². The fourth-order valence-electron chi connectivity index (χ4n) is 1.06. The van der Waals surface area contributed by atoms with Crippen LogP contribution in [0.1, 0.15) is 25.3 Å². The second-order valence-electron chi connectivity index (χ2n) is 2.95. The average molecular weight is 162 g/mol. The molecule has 1 aromatic carbocycles. The molecular formula is C11H16N. The third kappa shape index (κ3) is 2.57. The monoisotopic (exact) mass is 162 g/mol. The Hall–Kier alpha value is -0.980. The molecule has 0 aromatic heterocycles. The molecule has 1 radical (unpaired) electrons. The van der Waals surface area contributed by atoms with Gasteiger partial charge in [0.2, 0.25) is 0 Å². The minimum atomic E-state index is 1.12. The first-order valence-electron chi connectivity index (χ1n) is 4.48. The molecule has 12 heavy (non-hydrogen) atoms. The van der Waals surface area contributed by atoms with Crippen molar-refractivity contribution < 1.29 is 0 Å². The van der Waals surface area contributed by atoms with Gasteiger partial charge in [0.05, 0.1) is 0 Å². The van der Waals surface area contributed by atoms with Crippen molar-refractivity contribution in [3.8, 4) is 0 Å². The van der Waals surface area contributed by atoms with Crippen molar-refractivity contribution in [2.24, 2.45) is 0 Å². The van der Waals surface area contributed by atoms with Crippen molar-refractivity contribution in [3.05, 3.63) is 36.4 Å². The van der Waals surface area contributed by atoms with E-state index >= 15 is 0 Å². The fraction of sp³-hybridized carbons (Fsp3) is 0.364. The third-order valence-corrected chi connectivity index (χ3v) is 1.84. The molecule has 0 saturated heterocycles. The first-order chi connectivity index (χ1) is 5.84. The summed E-state index contributed by atoms with van der Waals surface area (Å²) >= 11 is 0. The SMILES string of the molecule is CCC[CH]Nc1ccccc1C. The highest BCUT2D eigenvalue weighted by Gasteiger charge is 1.93. The fourth-order valence-corrected chi connectivity index (χ4v) is 1.06. The van der Waals surface area contributed by atoms with Gasteiger partial charge >= 0.3 is 0 Å². The van der Waals surface area contributed by atoms with Crippen molar-refractivity contribution in [2.75, 3.05) is 5.32 Å². The summed E-state index contributed by atoms with van der Waals surface area (Å²) < 4.78 is 0. The van der Waals surface area contributed by atoms with Gasteiger partial charge < -0.3 is 5.32 Å². The molecule has 1 N–H and O–H groups in total. The van der Waals surface area contributed by atoms with Crippen LogP contribution in [-0.4, -0.2) is 0 Å². The normalized spacial score (nSPS) is 9.83. The molecular weight excluding hydrogens is 146 g/mol. The van der Waals surface area contributed by atoms with Crippen LogP contribution in [0.2, 0.25) is 0 Å². The van der Waals surface area contributed by atoms with Crippen LogP contribution >= 0.6 is 0 Å². The van der Waals surface area contributed by atoms with Gasteiger partial charge in [-0.2, -0.15) is 0 Å². The summed E-state index contributed by atoms with van der Waals surface area (Å²) in [7, 11) is 0. The lowest BCUT2D eigenvalue weighted by molar-refractivity contribution is 0.904. The smallest absolute Gasteiger partial charge is 0.0462 e. The number of anilines is 1. The van der Waals surface area contributed by atoms with Crippen LogP contribution in [0.3, 0.4) is 0 Å². The number of para-hydroxylation sites is 1. The van der Waals surface area contributed by atoms with Gasteiger partial charge in [-0.1, -0.05) is 31.5 Å². The van der Waals surface area contributed by atoms with Crippen molar-refractivity contribution >= 4 is 5.69 Å². The van der Waals surface area contributed by atoms with Crippen LogP contribution in [0.15, 0.2) is 24.3 Å². The topological polar surface area (TPSA) is 12.0 Å². The molecule has 1 rings (SSSR count). The summed E-state index contributed by atoms with van der Waals surface area (Å²) in [5.74, 6) is 0. The molecule has 0 atom stereocenters. The summed E-state index contributed by atoms with van der Waals surface area (Å²) in [5, 5.41) is 3.29. The Kier molecular flexibility index (Phi) is 3.65. The van der Waals surface area contributed by atoms with Gasteiger partial charge in [-0.25, -0.2) is 0 Å². The van der Waals surface area contributed by atoms with E-state index in [1.807, 2.05) is 0 Å². The van der Waals surface area contributed by atoms with E-state index in [0.29, 0.717) is 0 Å². The molecule has 0 aliphatic rings. The average Bonchev–Trinajstić information content (AvgIpc) is 2.09. The van der Waals surface area contributed by atoms with Crippen molar-refractivity contribution in [1.82, 2.24) is 0 Å². The zero-order valence-corrected chi connectivity index (χ0v) is 7.80. The number of rotatable bonds is 4. The molecule has 0 bridgehead atoms. The predicted molar refractivity (Wildman–Crippen MR) is 54.0 cm³/mol. The van der Waals surface area contributed by atoms with E-state index in [2.05, 4.69) is 50.0 Å². The highest BCUT2D eigenvalue weighted by atomic mass is 14.9.